The van der Waals surface area contributed by atoms with Crippen molar-refractivity contribution in [1.82, 2.24) is 0 Å². The van der Waals surface area contributed by atoms with Gasteiger partial charge in [0.25, 0.3) is 0 Å². The van der Waals surface area contributed by atoms with Crippen LogP contribution >= 0.6 is 23.1 Å². The van der Waals surface area contributed by atoms with Crippen molar-refractivity contribution in [2.24, 2.45) is 0 Å². The van der Waals surface area contributed by atoms with Crippen molar-refractivity contribution in [1.29, 1.82) is 0 Å². The second-order valence-corrected chi connectivity index (χ2v) is 6.28. The van der Waals surface area contributed by atoms with Crippen molar-refractivity contribution < 1.29 is 0 Å². The Labute approximate surface area is 110 Å². The van der Waals surface area contributed by atoms with Crippen molar-refractivity contribution in [3.63, 3.8) is 0 Å². The third kappa shape index (κ3) is 2.22. The monoisotopic (exact) mass is 261 g/mol. The highest BCUT2D eigenvalue weighted by atomic mass is 32.2. The molecule has 1 aromatic carbocycles. The topological polar surface area (TPSA) is 12.0 Å². The largest absolute Gasteiger partial charge is 0.354 e. The van der Waals surface area contributed by atoms with Crippen LogP contribution in [-0.4, -0.2) is 6.26 Å². The number of thiophene rings is 1. The van der Waals surface area contributed by atoms with E-state index in [2.05, 4.69) is 41.2 Å². The van der Waals surface area contributed by atoms with Crippen molar-refractivity contribution in [2.45, 2.75) is 23.5 Å². The Morgan fingerprint density at radius 3 is 2.94 bits per heavy atom. The number of hydrogen-bond donors (Lipinski definition) is 1. The van der Waals surface area contributed by atoms with Crippen LogP contribution in [0.5, 0.6) is 0 Å². The molecule has 0 bridgehead atoms. The van der Waals surface area contributed by atoms with Crippen LogP contribution in [0.15, 0.2) is 33.9 Å². The molecule has 0 radical (unpaired) electrons. The number of benzene rings is 1. The Kier molecular flexibility index (Phi) is 3.12. The van der Waals surface area contributed by atoms with Crippen LogP contribution in [0.25, 0.3) is 0 Å². The number of nitrogens with one attached hydrogen (secondary N) is 1. The highest BCUT2D eigenvalue weighted by molar-refractivity contribution is 8.00. The van der Waals surface area contributed by atoms with E-state index in [4.69, 9.17) is 0 Å². The van der Waals surface area contributed by atoms with Gasteiger partial charge in [-0.25, -0.2) is 0 Å². The van der Waals surface area contributed by atoms with E-state index in [1.165, 1.54) is 46.0 Å². The molecule has 0 unspecified atom stereocenters. The molecule has 17 heavy (non-hydrogen) atoms. The maximum atomic E-state index is 3.52. The van der Waals surface area contributed by atoms with Gasteiger partial charge in [0.2, 0.25) is 0 Å². The molecule has 88 valence electrons. The molecule has 3 heteroatoms. The van der Waals surface area contributed by atoms with Crippen LogP contribution in [0.1, 0.15) is 17.5 Å². The summed E-state index contributed by atoms with van der Waals surface area (Å²) in [5.74, 6) is 0. The van der Waals surface area contributed by atoms with Crippen molar-refractivity contribution in [3.8, 4) is 0 Å². The van der Waals surface area contributed by atoms with Crippen molar-refractivity contribution in [2.75, 3.05) is 11.6 Å². The first kappa shape index (κ1) is 11.2. The smallest absolute Gasteiger partial charge is 0.0831 e. The van der Waals surface area contributed by atoms with Gasteiger partial charge in [0.1, 0.15) is 0 Å². The molecule has 0 saturated heterocycles. The maximum absolute atomic E-state index is 3.52. The van der Waals surface area contributed by atoms with Gasteiger partial charge in [0, 0.05) is 5.69 Å². The van der Waals surface area contributed by atoms with E-state index in [-0.39, 0.29) is 0 Å². The quantitative estimate of drug-likeness (QED) is 0.804. The van der Waals surface area contributed by atoms with E-state index in [0.717, 1.165) is 0 Å². The molecule has 0 atom stereocenters. The molecule has 0 spiro atoms. The number of fused-ring (bicyclic) bond motifs is 1. The van der Waals surface area contributed by atoms with E-state index in [0.29, 0.717) is 0 Å². The van der Waals surface area contributed by atoms with E-state index in [1.54, 1.807) is 23.1 Å². The lowest BCUT2D eigenvalue weighted by molar-refractivity contribution is 0.912. The number of rotatable bonds is 3. The minimum atomic E-state index is 1.22. The SMILES string of the molecule is CSc1sccc1Nc1ccc2c(c1)CCC2. The summed E-state index contributed by atoms with van der Waals surface area (Å²) in [7, 11) is 0. The Bertz CT molecular complexity index is 531. The van der Waals surface area contributed by atoms with E-state index in [9.17, 15) is 0 Å². The molecule has 3 rings (SSSR count). The van der Waals surface area contributed by atoms with Gasteiger partial charge in [-0.1, -0.05) is 6.07 Å². The summed E-state index contributed by atoms with van der Waals surface area (Å²) in [6.07, 6.45) is 5.93. The highest BCUT2D eigenvalue weighted by Gasteiger charge is 2.11. The zero-order valence-electron chi connectivity index (χ0n) is 9.82. The van der Waals surface area contributed by atoms with Gasteiger partial charge < -0.3 is 5.32 Å². The molecule has 1 heterocycles. The second-order valence-electron chi connectivity index (χ2n) is 4.29. The van der Waals surface area contributed by atoms with Gasteiger partial charge in [-0.2, -0.15) is 0 Å². The Morgan fingerprint density at radius 1 is 1.18 bits per heavy atom. The molecule has 1 aliphatic carbocycles. The van der Waals surface area contributed by atoms with Gasteiger partial charge in [0.15, 0.2) is 0 Å². The molecule has 0 amide bonds. The number of anilines is 2. The first-order valence-corrected chi connectivity index (χ1v) is 7.97. The fourth-order valence-electron chi connectivity index (χ4n) is 2.35. The molecule has 0 saturated carbocycles. The average molecular weight is 261 g/mol. The summed E-state index contributed by atoms with van der Waals surface area (Å²) >= 11 is 3.60. The predicted molar refractivity (Wildman–Crippen MR) is 77.8 cm³/mol. The first-order chi connectivity index (χ1) is 8.36. The number of aryl methyl sites for hydroxylation is 2. The summed E-state index contributed by atoms with van der Waals surface area (Å²) in [6, 6.07) is 8.94. The van der Waals surface area contributed by atoms with Crippen molar-refractivity contribution in [3.05, 3.63) is 40.8 Å². The van der Waals surface area contributed by atoms with Gasteiger partial charge >= 0.3 is 0 Å². The number of thioether (sulfide) groups is 1. The van der Waals surface area contributed by atoms with Crippen LogP contribution in [0.2, 0.25) is 0 Å². The minimum absolute atomic E-state index is 1.22. The Morgan fingerprint density at radius 2 is 2.06 bits per heavy atom. The molecule has 1 aliphatic rings. The predicted octanol–water partition coefficient (Wildman–Crippen LogP) is 4.70. The summed E-state index contributed by atoms with van der Waals surface area (Å²) in [6.45, 7) is 0. The lowest BCUT2D eigenvalue weighted by Crippen LogP contribution is -1.91. The normalized spacial score (nSPS) is 13.7. The summed E-state index contributed by atoms with van der Waals surface area (Å²) in [4.78, 5) is 0. The highest BCUT2D eigenvalue weighted by Crippen LogP contribution is 2.34. The van der Waals surface area contributed by atoms with Crippen molar-refractivity contribution >= 4 is 34.5 Å². The van der Waals surface area contributed by atoms with Gasteiger partial charge in [-0.15, -0.1) is 23.1 Å². The fourth-order valence-corrected chi connectivity index (χ4v) is 3.82. The lowest BCUT2D eigenvalue weighted by atomic mass is 10.1. The Hall–Kier alpha value is -0.930. The van der Waals surface area contributed by atoms with Crippen LogP contribution in [0.4, 0.5) is 11.4 Å². The molecular weight excluding hydrogens is 246 g/mol. The van der Waals surface area contributed by atoms with E-state index < -0.39 is 0 Å². The summed E-state index contributed by atoms with van der Waals surface area (Å²) < 4.78 is 1.35. The van der Waals surface area contributed by atoms with Crippen LogP contribution in [0, 0.1) is 0 Å². The lowest BCUT2D eigenvalue weighted by Gasteiger charge is -2.08. The number of hydrogen-bond acceptors (Lipinski definition) is 3. The van der Waals surface area contributed by atoms with Gasteiger partial charge in [0.05, 0.1) is 9.90 Å². The van der Waals surface area contributed by atoms with Crippen LogP contribution in [-0.2, 0) is 12.8 Å². The summed E-state index contributed by atoms with van der Waals surface area (Å²) in [5.41, 5.74) is 5.52. The Balaban J connectivity index is 1.86. The zero-order chi connectivity index (χ0) is 11.7. The molecule has 0 aliphatic heterocycles. The van der Waals surface area contributed by atoms with Gasteiger partial charge in [-0.05, 0) is 60.2 Å². The fraction of sp³-hybridized carbons (Fsp3) is 0.286. The molecule has 2 aromatic rings. The molecule has 1 N–H and O–H groups in total. The standard InChI is InChI=1S/C14H15NS2/c1-16-14-13(7-8-17-14)15-12-6-5-10-3-2-4-11(10)9-12/h5-9,15H,2-4H2,1H3. The maximum Gasteiger partial charge on any atom is 0.0831 e. The first-order valence-electron chi connectivity index (χ1n) is 5.87. The van der Waals surface area contributed by atoms with Gasteiger partial charge in [-0.3, -0.25) is 0 Å². The van der Waals surface area contributed by atoms with Crippen LogP contribution in [0.3, 0.4) is 0 Å². The van der Waals surface area contributed by atoms with Crippen LogP contribution < -0.4 is 5.32 Å². The minimum Gasteiger partial charge on any atom is -0.354 e. The average Bonchev–Trinajstić information content (AvgIpc) is 2.96. The summed E-state index contributed by atoms with van der Waals surface area (Å²) in [5, 5.41) is 5.66. The molecular formula is C14H15NS2. The third-order valence-corrected chi connectivity index (χ3v) is 5.28. The second kappa shape index (κ2) is 4.75. The molecule has 1 aromatic heterocycles. The van der Waals surface area contributed by atoms with E-state index in [1.807, 2.05) is 0 Å². The zero-order valence-corrected chi connectivity index (χ0v) is 11.5. The van der Waals surface area contributed by atoms with E-state index >= 15 is 0 Å². The molecule has 1 nitrogen and oxygen atoms in total. The third-order valence-electron chi connectivity index (χ3n) is 3.19. The molecule has 0 fully saturated rings.